The van der Waals surface area contributed by atoms with E-state index in [1.165, 1.54) is 35.6 Å². The fourth-order valence-corrected chi connectivity index (χ4v) is 4.39. The number of hydrogen-bond acceptors (Lipinski definition) is 4. The van der Waals surface area contributed by atoms with Crippen LogP contribution in [0.5, 0.6) is 0 Å². The highest BCUT2D eigenvalue weighted by Gasteiger charge is 2.24. The van der Waals surface area contributed by atoms with Gasteiger partial charge in [-0.1, -0.05) is 12.8 Å². The first-order chi connectivity index (χ1) is 9.22. The number of thiazole rings is 1. The van der Waals surface area contributed by atoms with Crippen LogP contribution in [-0.4, -0.2) is 35.1 Å². The summed E-state index contributed by atoms with van der Waals surface area (Å²) in [4.78, 5) is 8.72. The van der Waals surface area contributed by atoms with Crippen LogP contribution in [0.4, 0.5) is 0 Å². The molecule has 0 bridgehead atoms. The molecule has 3 nitrogen and oxygen atoms in total. The zero-order valence-electron chi connectivity index (χ0n) is 12.1. The fraction of sp³-hybridized carbons (Fsp3) is 0.800. The summed E-state index contributed by atoms with van der Waals surface area (Å²) >= 11 is 1.95. The molecule has 2 unspecified atom stereocenters. The van der Waals surface area contributed by atoms with E-state index in [0.717, 1.165) is 25.6 Å². The van der Waals surface area contributed by atoms with Gasteiger partial charge in [0.25, 0.3) is 0 Å². The largest absolute Gasteiger partial charge is 0.311 e. The molecule has 1 saturated heterocycles. The van der Waals surface area contributed by atoms with E-state index in [4.69, 9.17) is 0 Å². The molecule has 106 valence electrons. The lowest BCUT2D eigenvalue weighted by molar-refractivity contribution is 0.140. The van der Waals surface area contributed by atoms with Gasteiger partial charge in [-0.25, -0.2) is 4.98 Å². The molecule has 0 aromatic carbocycles. The molecule has 2 atom stereocenters. The molecular formula is C15H25N3S. The molecule has 2 heterocycles. The van der Waals surface area contributed by atoms with Gasteiger partial charge in [0.05, 0.1) is 5.01 Å². The summed E-state index contributed by atoms with van der Waals surface area (Å²) in [7, 11) is 0. The first kappa shape index (κ1) is 13.5. The number of piperazine rings is 1. The topological polar surface area (TPSA) is 28.2 Å². The van der Waals surface area contributed by atoms with E-state index in [-0.39, 0.29) is 0 Å². The van der Waals surface area contributed by atoms with Gasteiger partial charge < -0.3 is 5.32 Å². The van der Waals surface area contributed by atoms with Gasteiger partial charge in [0.15, 0.2) is 0 Å². The summed E-state index contributed by atoms with van der Waals surface area (Å²) in [6.45, 7) is 7.93. The number of aromatic nitrogens is 1. The highest BCUT2D eigenvalue weighted by molar-refractivity contribution is 7.11. The minimum absolute atomic E-state index is 0.610. The number of nitrogens with zero attached hydrogens (tertiary/aromatic N) is 2. The fourth-order valence-electron chi connectivity index (χ4n) is 3.27. The molecule has 1 aromatic rings. The lowest BCUT2D eigenvalue weighted by Gasteiger charge is -2.37. The van der Waals surface area contributed by atoms with Gasteiger partial charge in [-0.2, -0.15) is 0 Å². The first-order valence-corrected chi connectivity index (χ1v) is 8.46. The van der Waals surface area contributed by atoms with Crippen LogP contribution in [0.1, 0.15) is 55.3 Å². The lowest BCUT2D eigenvalue weighted by Crippen LogP contribution is -2.53. The predicted octanol–water partition coefficient (Wildman–Crippen LogP) is 2.98. The Morgan fingerprint density at radius 1 is 1.37 bits per heavy atom. The second kappa shape index (κ2) is 5.90. The Balaban J connectivity index is 1.62. The smallest absolute Gasteiger partial charge is 0.0959 e. The van der Waals surface area contributed by atoms with Crippen molar-refractivity contribution in [1.29, 1.82) is 0 Å². The van der Waals surface area contributed by atoms with E-state index < -0.39 is 0 Å². The van der Waals surface area contributed by atoms with Crippen molar-refractivity contribution in [1.82, 2.24) is 15.2 Å². The van der Waals surface area contributed by atoms with Gasteiger partial charge >= 0.3 is 0 Å². The first-order valence-electron chi connectivity index (χ1n) is 7.64. The summed E-state index contributed by atoms with van der Waals surface area (Å²) in [5, 5.41) is 4.94. The zero-order valence-corrected chi connectivity index (χ0v) is 12.9. The van der Waals surface area contributed by atoms with Gasteiger partial charge in [0.1, 0.15) is 0 Å². The minimum Gasteiger partial charge on any atom is -0.311 e. The summed E-state index contributed by atoms with van der Waals surface area (Å²) < 4.78 is 0. The van der Waals surface area contributed by atoms with E-state index in [2.05, 4.69) is 35.2 Å². The summed E-state index contributed by atoms with van der Waals surface area (Å²) in [5.74, 6) is 0.762. The standard InChI is InChI=1S/C15H25N3S/c1-11-9-18(12(2)7-16-11)10-14-8-17-15(19-14)13-5-3-4-6-13/h8,11-13,16H,3-7,9-10H2,1-2H3. The molecule has 0 amide bonds. The van der Waals surface area contributed by atoms with E-state index in [1.807, 2.05) is 11.3 Å². The van der Waals surface area contributed by atoms with Crippen LogP contribution >= 0.6 is 11.3 Å². The van der Waals surface area contributed by atoms with E-state index in [1.54, 1.807) is 0 Å². The molecule has 2 aliphatic rings. The number of hydrogen-bond donors (Lipinski definition) is 1. The quantitative estimate of drug-likeness (QED) is 0.922. The second-order valence-corrected chi connectivity index (χ2v) is 7.38. The molecule has 0 spiro atoms. The maximum absolute atomic E-state index is 4.68. The molecule has 19 heavy (non-hydrogen) atoms. The predicted molar refractivity (Wildman–Crippen MR) is 80.7 cm³/mol. The number of nitrogens with one attached hydrogen (secondary N) is 1. The Bertz CT molecular complexity index is 411. The number of rotatable bonds is 3. The third-order valence-electron chi connectivity index (χ3n) is 4.53. The average molecular weight is 279 g/mol. The van der Waals surface area contributed by atoms with Crippen molar-refractivity contribution in [2.75, 3.05) is 13.1 Å². The van der Waals surface area contributed by atoms with Crippen molar-refractivity contribution in [2.45, 2.75) is 64.1 Å². The third kappa shape index (κ3) is 3.18. The van der Waals surface area contributed by atoms with Crippen molar-refractivity contribution >= 4 is 11.3 Å². The molecule has 1 saturated carbocycles. The van der Waals surface area contributed by atoms with Crippen molar-refractivity contribution in [3.8, 4) is 0 Å². The summed E-state index contributed by atoms with van der Waals surface area (Å²) in [6, 6.07) is 1.24. The lowest BCUT2D eigenvalue weighted by atomic mass is 10.1. The SMILES string of the molecule is CC1CN(Cc2cnc(C3CCCC3)s2)C(C)CN1. The molecular weight excluding hydrogens is 254 g/mol. The van der Waals surface area contributed by atoms with Gasteiger partial charge in [-0.05, 0) is 26.7 Å². The van der Waals surface area contributed by atoms with Crippen molar-refractivity contribution in [3.63, 3.8) is 0 Å². The Kier molecular flexibility index (Phi) is 4.20. The molecule has 0 radical (unpaired) electrons. The monoisotopic (exact) mass is 279 g/mol. The van der Waals surface area contributed by atoms with E-state index >= 15 is 0 Å². The van der Waals surface area contributed by atoms with Crippen LogP contribution in [0.15, 0.2) is 6.20 Å². The van der Waals surface area contributed by atoms with Crippen molar-refractivity contribution < 1.29 is 0 Å². The zero-order chi connectivity index (χ0) is 13.2. The molecule has 4 heteroatoms. The van der Waals surface area contributed by atoms with Crippen LogP contribution in [-0.2, 0) is 6.54 Å². The van der Waals surface area contributed by atoms with Gasteiger partial charge in [-0.15, -0.1) is 11.3 Å². The van der Waals surface area contributed by atoms with Gasteiger partial charge in [0, 0.05) is 48.7 Å². The van der Waals surface area contributed by atoms with E-state index in [9.17, 15) is 0 Å². The van der Waals surface area contributed by atoms with Crippen LogP contribution < -0.4 is 5.32 Å². The minimum atomic E-state index is 0.610. The molecule has 1 aliphatic carbocycles. The Morgan fingerprint density at radius 2 is 2.16 bits per heavy atom. The van der Waals surface area contributed by atoms with E-state index in [0.29, 0.717) is 12.1 Å². The molecule has 3 rings (SSSR count). The van der Waals surface area contributed by atoms with Gasteiger partial charge in [-0.3, -0.25) is 4.90 Å². The summed E-state index contributed by atoms with van der Waals surface area (Å²) in [6.07, 6.45) is 7.62. The van der Waals surface area contributed by atoms with Crippen LogP contribution in [0.25, 0.3) is 0 Å². The Labute approximate surface area is 120 Å². The third-order valence-corrected chi connectivity index (χ3v) is 5.67. The normalized spacial score (nSPS) is 30.0. The van der Waals surface area contributed by atoms with Crippen LogP contribution in [0.2, 0.25) is 0 Å². The highest BCUT2D eigenvalue weighted by atomic mass is 32.1. The molecule has 2 fully saturated rings. The molecule has 1 aromatic heterocycles. The van der Waals surface area contributed by atoms with Crippen molar-refractivity contribution in [2.24, 2.45) is 0 Å². The maximum Gasteiger partial charge on any atom is 0.0959 e. The maximum atomic E-state index is 4.68. The van der Waals surface area contributed by atoms with Crippen LogP contribution in [0, 0.1) is 0 Å². The Hall–Kier alpha value is -0.450. The summed E-state index contributed by atoms with van der Waals surface area (Å²) in [5.41, 5.74) is 0. The highest BCUT2D eigenvalue weighted by Crippen LogP contribution is 2.36. The second-order valence-electron chi connectivity index (χ2n) is 6.23. The van der Waals surface area contributed by atoms with Crippen molar-refractivity contribution in [3.05, 3.63) is 16.1 Å². The molecule has 1 aliphatic heterocycles. The molecule has 1 N–H and O–H groups in total. The Morgan fingerprint density at radius 3 is 2.95 bits per heavy atom. The average Bonchev–Trinajstić information content (AvgIpc) is 3.04. The van der Waals surface area contributed by atoms with Crippen LogP contribution in [0.3, 0.4) is 0 Å². The van der Waals surface area contributed by atoms with Gasteiger partial charge in [0.2, 0.25) is 0 Å².